The van der Waals surface area contributed by atoms with Gasteiger partial charge in [-0.05, 0) is 43.0 Å². The van der Waals surface area contributed by atoms with Crippen LogP contribution in [0.1, 0.15) is 41.3 Å². The van der Waals surface area contributed by atoms with Gasteiger partial charge in [0.25, 0.3) is 5.91 Å². The van der Waals surface area contributed by atoms with Crippen molar-refractivity contribution in [1.29, 1.82) is 5.41 Å². The molecule has 1 heterocycles. The van der Waals surface area contributed by atoms with E-state index in [1.54, 1.807) is 4.90 Å². The Bertz CT molecular complexity index is 977. The van der Waals surface area contributed by atoms with Crippen molar-refractivity contribution in [3.63, 3.8) is 0 Å². The molecule has 0 radical (unpaired) electrons. The van der Waals surface area contributed by atoms with Crippen molar-refractivity contribution in [3.05, 3.63) is 63.9 Å². The van der Waals surface area contributed by atoms with Crippen molar-refractivity contribution >= 4 is 29.0 Å². The van der Waals surface area contributed by atoms with E-state index in [0.29, 0.717) is 19.0 Å². The maximum atomic E-state index is 14.6. The van der Waals surface area contributed by atoms with Gasteiger partial charge in [-0.1, -0.05) is 30.7 Å². The Morgan fingerprint density at radius 2 is 1.90 bits per heavy atom. The van der Waals surface area contributed by atoms with Crippen LogP contribution in [0.2, 0.25) is 5.02 Å². The number of halogens is 5. The molecule has 0 bridgehead atoms. The molecule has 9 heteroatoms. The minimum atomic E-state index is -4.79. The second-order valence-corrected chi connectivity index (χ2v) is 7.73. The number of likely N-dealkylation sites (tertiary alicyclic amines) is 1. The first-order chi connectivity index (χ1) is 14.1. The summed E-state index contributed by atoms with van der Waals surface area (Å²) in [4.78, 5) is 14.4. The summed E-state index contributed by atoms with van der Waals surface area (Å²) in [6, 6.07) is 6.84. The molecule has 2 aromatic rings. The maximum absolute atomic E-state index is 14.6. The Hall–Kier alpha value is -2.61. The van der Waals surface area contributed by atoms with Crippen LogP contribution in [0.4, 0.5) is 23.2 Å². The molecule has 160 valence electrons. The van der Waals surface area contributed by atoms with Gasteiger partial charge in [0.05, 0.1) is 27.4 Å². The Balaban J connectivity index is 1.97. The zero-order valence-corrected chi connectivity index (χ0v) is 16.9. The summed E-state index contributed by atoms with van der Waals surface area (Å²) >= 11 is 5.88. The summed E-state index contributed by atoms with van der Waals surface area (Å²) in [6.07, 6.45) is -2.95. The summed E-state index contributed by atoms with van der Waals surface area (Å²) in [6.45, 7) is 3.15. The van der Waals surface area contributed by atoms with E-state index in [0.717, 1.165) is 31.0 Å². The highest BCUT2D eigenvalue weighted by molar-refractivity contribution is 6.34. The average Bonchev–Trinajstić information content (AvgIpc) is 2.66. The molecule has 1 aliphatic heterocycles. The molecule has 1 unspecified atom stereocenters. The number of carbonyl (C=O) groups excluding carboxylic acids is 1. The van der Waals surface area contributed by atoms with Crippen molar-refractivity contribution < 1.29 is 22.4 Å². The highest BCUT2D eigenvalue weighted by Crippen LogP contribution is 2.35. The quantitative estimate of drug-likeness (QED) is 0.359. The Morgan fingerprint density at radius 1 is 1.20 bits per heavy atom. The number of benzene rings is 2. The minimum Gasteiger partial charge on any atom is -0.356 e. The molecular formula is C21H20ClF4N3O. The van der Waals surface area contributed by atoms with Crippen molar-refractivity contribution in [1.82, 2.24) is 4.90 Å². The summed E-state index contributed by atoms with van der Waals surface area (Å²) in [5.74, 6) is -1.67. The number of alkyl halides is 3. The van der Waals surface area contributed by atoms with Crippen molar-refractivity contribution in [2.24, 2.45) is 5.92 Å². The molecule has 0 aromatic heterocycles. The molecule has 0 saturated carbocycles. The second-order valence-electron chi connectivity index (χ2n) is 7.32. The lowest BCUT2D eigenvalue weighted by atomic mass is 9.99. The van der Waals surface area contributed by atoms with E-state index < -0.39 is 29.0 Å². The molecular weight excluding hydrogens is 422 g/mol. The third kappa shape index (κ3) is 4.59. The van der Waals surface area contributed by atoms with Gasteiger partial charge in [-0.25, -0.2) is 4.39 Å². The number of hydrogen-bond donors (Lipinski definition) is 2. The second kappa shape index (κ2) is 8.63. The predicted octanol–water partition coefficient (Wildman–Crippen LogP) is 5.81. The molecule has 1 fully saturated rings. The minimum absolute atomic E-state index is 0.0868. The lowest BCUT2D eigenvalue weighted by Crippen LogP contribution is -2.40. The summed E-state index contributed by atoms with van der Waals surface area (Å²) in [5, 5.41) is 10.4. The first-order valence-electron chi connectivity index (χ1n) is 9.39. The number of piperidine rings is 1. The fraction of sp³-hybridized carbons (Fsp3) is 0.333. The van der Waals surface area contributed by atoms with Crippen LogP contribution in [0.3, 0.4) is 0 Å². The van der Waals surface area contributed by atoms with Gasteiger partial charge in [0.15, 0.2) is 0 Å². The fourth-order valence-corrected chi connectivity index (χ4v) is 3.86. The van der Waals surface area contributed by atoms with Crippen LogP contribution in [0.25, 0.3) is 0 Å². The van der Waals surface area contributed by atoms with Gasteiger partial charge >= 0.3 is 6.18 Å². The number of nitrogens with zero attached hydrogens (tertiary/aromatic N) is 1. The van der Waals surface area contributed by atoms with E-state index >= 15 is 0 Å². The number of anilines is 1. The molecule has 1 amide bonds. The predicted molar refractivity (Wildman–Crippen MR) is 108 cm³/mol. The summed E-state index contributed by atoms with van der Waals surface area (Å²) in [7, 11) is 0. The van der Waals surface area contributed by atoms with E-state index in [4.69, 9.17) is 17.0 Å². The third-order valence-corrected chi connectivity index (χ3v) is 5.33. The van der Waals surface area contributed by atoms with E-state index in [-0.39, 0.29) is 22.1 Å². The third-order valence-electron chi connectivity index (χ3n) is 5.02. The standard InChI is InChI=1S/C21H20ClF4N3O/c1-12-5-4-10-29(11-12)19(27)18-15(23)8-3-9-16(18)28-20(30)17-13(21(24,25)26)6-2-7-14(17)22/h2-3,6-9,12,27H,4-5,10-11H2,1H3,(H,28,30). The van der Waals surface area contributed by atoms with Gasteiger partial charge in [0, 0.05) is 13.1 Å². The fourth-order valence-electron chi connectivity index (χ4n) is 3.60. The van der Waals surface area contributed by atoms with Gasteiger partial charge in [0.1, 0.15) is 11.7 Å². The number of rotatable bonds is 3. The van der Waals surface area contributed by atoms with Crippen LogP contribution in [0.5, 0.6) is 0 Å². The van der Waals surface area contributed by atoms with Crippen molar-refractivity contribution in [2.45, 2.75) is 25.9 Å². The molecule has 0 aliphatic carbocycles. The van der Waals surface area contributed by atoms with Gasteiger partial charge in [-0.15, -0.1) is 0 Å². The Labute approximate surface area is 176 Å². The molecule has 0 spiro atoms. The van der Waals surface area contributed by atoms with Gasteiger partial charge in [-0.3, -0.25) is 10.2 Å². The summed E-state index contributed by atoms with van der Waals surface area (Å²) in [5.41, 5.74) is -2.19. The normalized spacial score (nSPS) is 17.0. The summed E-state index contributed by atoms with van der Waals surface area (Å²) < 4.78 is 54.6. The molecule has 2 aromatic carbocycles. The zero-order chi connectivity index (χ0) is 22.1. The van der Waals surface area contributed by atoms with E-state index in [2.05, 4.69) is 5.32 Å². The smallest absolute Gasteiger partial charge is 0.356 e. The van der Waals surface area contributed by atoms with Crippen LogP contribution in [-0.2, 0) is 6.18 Å². The first-order valence-corrected chi connectivity index (χ1v) is 9.76. The Kier molecular flexibility index (Phi) is 6.36. The number of carbonyl (C=O) groups is 1. The van der Waals surface area contributed by atoms with Crippen molar-refractivity contribution in [3.8, 4) is 0 Å². The molecule has 30 heavy (non-hydrogen) atoms. The molecule has 1 saturated heterocycles. The van der Waals surface area contributed by atoms with Crippen LogP contribution in [0, 0.1) is 17.1 Å². The highest BCUT2D eigenvalue weighted by atomic mass is 35.5. The van der Waals surface area contributed by atoms with Crippen LogP contribution >= 0.6 is 11.6 Å². The van der Waals surface area contributed by atoms with Gasteiger partial charge < -0.3 is 10.2 Å². The highest BCUT2D eigenvalue weighted by Gasteiger charge is 2.36. The maximum Gasteiger partial charge on any atom is 0.417 e. The molecule has 2 N–H and O–H groups in total. The van der Waals surface area contributed by atoms with E-state index in [9.17, 15) is 22.4 Å². The Morgan fingerprint density at radius 3 is 2.57 bits per heavy atom. The number of nitrogens with one attached hydrogen (secondary N) is 2. The van der Waals surface area contributed by atoms with E-state index in [1.165, 1.54) is 18.2 Å². The zero-order valence-electron chi connectivity index (χ0n) is 16.1. The molecule has 1 aliphatic rings. The topological polar surface area (TPSA) is 56.2 Å². The van der Waals surface area contributed by atoms with Crippen LogP contribution < -0.4 is 5.32 Å². The number of hydrogen-bond acceptors (Lipinski definition) is 2. The number of amidine groups is 1. The number of amides is 1. The first kappa shape index (κ1) is 22.1. The monoisotopic (exact) mass is 441 g/mol. The lowest BCUT2D eigenvalue weighted by molar-refractivity contribution is -0.137. The van der Waals surface area contributed by atoms with Crippen LogP contribution in [0.15, 0.2) is 36.4 Å². The van der Waals surface area contributed by atoms with Gasteiger partial charge in [0.2, 0.25) is 0 Å². The largest absolute Gasteiger partial charge is 0.417 e. The average molecular weight is 442 g/mol. The SMILES string of the molecule is CC1CCCN(C(=N)c2c(F)cccc2NC(=O)c2c(Cl)cccc2C(F)(F)F)C1. The molecule has 1 atom stereocenters. The molecule has 4 nitrogen and oxygen atoms in total. The van der Waals surface area contributed by atoms with Crippen molar-refractivity contribution in [2.75, 3.05) is 18.4 Å². The van der Waals surface area contributed by atoms with E-state index in [1.807, 2.05) is 6.92 Å². The van der Waals surface area contributed by atoms with Gasteiger partial charge in [-0.2, -0.15) is 13.2 Å². The molecule has 3 rings (SSSR count). The lowest BCUT2D eigenvalue weighted by Gasteiger charge is -2.33. The van der Waals surface area contributed by atoms with Crippen LogP contribution in [-0.4, -0.2) is 29.7 Å².